The van der Waals surface area contributed by atoms with Crippen molar-refractivity contribution < 1.29 is 14.9 Å². The highest BCUT2D eigenvalue weighted by molar-refractivity contribution is 6.33. The molecule has 166 valence electrons. The number of rotatable bonds is 4. The summed E-state index contributed by atoms with van der Waals surface area (Å²) < 4.78 is 12.9. The van der Waals surface area contributed by atoms with Gasteiger partial charge in [-0.2, -0.15) is 0 Å². The Morgan fingerprint density at radius 3 is 1.91 bits per heavy atom. The van der Waals surface area contributed by atoms with Crippen molar-refractivity contribution in [1.29, 1.82) is 0 Å². The molecule has 0 radical (unpaired) electrons. The summed E-state index contributed by atoms with van der Waals surface area (Å²) >= 11 is 6.79. The van der Waals surface area contributed by atoms with Gasteiger partial charge in [0.25, 0.3) is 0 Å². The van der Waals surface area contributed by atoms with Crippen LogP contribution in [0.5, 0.6) is 23.0 Å². The molecule has 0 unspecified atom stereocenters. The van der Waals surface area contributed by atoms with Crippen LogP contribution in [-0.4, -0.2) is 5.48 Å². The zero-order chi connectivity index (χ0) is 22.2. The van der Waals surface area contributed by atoms with E-state index in [0.29, 0.717) is 22.3 Å². The zero-order valence-corrected chi connectivity index (χ0v) is 18.9. The number of hydrogen-bond donors (Lipinski definition) is 0. The molecule has 6 aromatic carbocycles. The number of ether oxygens (including phenoxy) is 2. The van der Waals surface area contributed by atoms with Gasteiger partial charge in [0.05, 0.1) is 5.02 Å². The Bertz CT molecular complexity index is 1620. The first-order chi connectivity index (χ1) is 16.3. The van der Waals surface area contributed by atoms with Gasteiger partial charge in [0, 0.05) is 10.8 Å². The summed E-state index contributed by atoms with van der Waals surface area (Å²) in [7, 11) is 0. The van der Waals surface area contributed by atoms with Crippen LogP contribution in [0.3, 0.4) is 0 Å². The van der Waals surface area contributed by atoms with E-state index in [2.05, 4.69) is 42.5 Å². The molecule has 0 spiro atoms. The number of hydrogen-bond acceptors (Lipinski definition) is 2. The highest BCUT2D eigenvalue weighted by Crippen LogP contribution is 2.47. The fourth-order valence-electron chi connectivity index (χ4n) is 4.20. The van der Waals surface area contributed by atoms with Crippen molar-refractivity contribution in [1.82, 2.24) is 0 Å². The third kappa shape index (κ3) is 3.92. The molecule has 2 N–H and O–H groups in total. The van der Waals surface area contributed by atoms with Crippen LogP contribution in [0.2, 0.25) is 5.02 Å². The fraction of sp³-hybridized carbons (Fsp3) is 0. The molecule has 0 amide bonds. The van der Waals surface area contributed by atoms with Crippen LogP contribution < -0.4 is 9.47 Å². The van der Waals surface area contributed by atoms with Crippen molar-refractivity contribution in [2.24, 2.45) is 0 Å². The maximum atomic E-state index is 6.79. The minimum Gasteiger partial charge on any atom is -0.452 e. The van der Waals surface area contributed by atoms with E-state index in [9.17, 15) is 0 Å². The number of benzene rings is 6. The first kappa shape index (κ1) is 21.8. The molecule has 0 fully saturated rings. The molecule has 3 nitrogen and oxygen atoms in total. The molecule has 0 aliphatic carbocycles. The van der Waals surface area contributed by atoms with E-state index in [0.717, 1.165) is 38.1 Å². The summed E-state index contributed by atoms with van der Waals surface area (Å²) in [6.45, 7) is 0. The van der Waals surface area contributed by atoms with Crippen molar-refractivity contribution in [3.63, 3.8) is 0 Å². The van der Waals surface area contributed by atoms with Gasteiger partial charge in [-0.05, 0) is 57.9 Å². The summed E-state index contributed by atoms with van der Waals surface area (Å²) in [4.78, 5) is 0. The lowest BCUT2D eigenvalue weighted by Crippen LogP contribution is -1.94. The van der Waals surface area contributed by atoms with Gasteiger partial charge in [-0.15, -0.1) is 0 Å². The number of fused-ring (bicyclic) bond motifs is 3. The van der Waals surface area contributed by atoms with Gasteiger partial charge in [-0.25, -0.2) is 0 Å². The highest BCUT2D eigenvalue weighted by atomic mass is 35.5. The van der Waals surface area contributed by atoms with Crippen molar-refractivity contribution in [3.05, 3.63) is 120 Å². The smallest absolute Gasteiger partial charge is 0.189 e. The van der Waals surface area contributed by atoms with Gasteiger partial charge in [0.15, 0.2) is 11.5 Å². The molecule has 4 heteroatoms. The lowest BCUT2D eigenvalue weighted by molar-refractivity contribution is 0.425. The molecule has 0 aromatic heterocycles. The predicted octanol–water partition coefficient (Wildman–Crippen LogP) is 8.56. The minimum absolute atomic E-state index is 0. The third-order valence-electron chi connectivity index (χ3n) is 5.79. The van der Waals surface area contributed by atoms with E-state index in [1.165, 1.54) is 0 Å². The van der Waals surface area contributed by atoms with Crippen molar-refractivity contribution >= 4 is 43.9 Å². The second-order valence-corrected chi connectivity index (χ2v) is 8.34. The second-order valence-electron chi connectivity index (χ2n) is 7.93. The monoisotopic (exact) mass is 464 g/mol. The summed E-state index contributed by atoms with van der Waals surface area (Å²) in [6.07, 6.45) is 0. The predicted molar refractivity (Wildman–Crippen MR) is 141 cm³/mol. The lowest BCUT2D eigenvalue weighted by Gasteiger charge is -2.18. The van der Waals surface area contributed by atoms with E-state index < -0.39 is 0 Å². The Labute approximate surface area is 202 Å². The molecular formula is C30H21ClO3. The fourth-order valence-corrected chi connectivity index (χ4v) is 4.45. The lowest BCUT2D eigenvalue weighted by atomic mass is 10.0. The number of para-hydroxylation sites is 1. The van der Waals surface area contributed by atoms with Gasteiger partial charge in [0.2, 0.25) is 0 Å². The van der Waals surface area contributed by atoms with Crippen molar-refractivity contribution in [2.45, 2.75) is 0 Å². The summed E-state index contributed by atoms with van der Waals surface area (Å²) in [5.74, 6) is 2.55. The molecule has 0 saturated heterocycles. The summed E-state index contributed by atoms with van der Waals surface area (Å²) in [5.41, 5.74) is 0. The van der Waals surface area contributed by atoms with Crippen molar-refractivity contribution in [3.8, 4) is 23.0 Å². The average Bonchev–Trinajstić information content (AvgIpc) is 2.86. The highest BCUT2D eigenvalue weighted by Gasteiger charge is 2.19. The SMILES string of the molecule is Clc1cc2cc3ccccc3cc2c(Oc2cccc3ccccc23)c1Oc1ccccc1.O. The first-order valence-electron chi connectivity index (χ1n) is 10.8. The second kappa shape index (κ2) is 9.06. The standard InChI is InChI=1S/C30H19ClO2.H2O/c31-27-19-23-17-21-10-4-5-11-22(21)18-26(23)29(30(27)32-24-13-2-1-3-14-24)33-28-16-8-12-20-9-6-7-15-25(20)28;/h1-19H;1H2. The van der Waals surface area contributed by atoms with Gasteiger partial charge in [0.1, 0.15) is 11.5 Å². The molecule has 0 saturated carbocycles. The molecule has 6 rings (SSSR count). The van der Waals surface area contributed by atoms with Crippen LogP contribution in [0, 0.1) is 0 Å². The van der Waals surface area contributed by atoms with Crippen LogP contribution in [-0.2, 0) is 0 Å². The largest absolute Gasteiger partial charge is 0.452 e. The molecule has 34 heavy (non-hydrogen) atoms. The van der Waals surface area contributed by atoms with Gasteiger partial charge < -0.3 is 14.9 Å². The summed E-state index contributed by atoms with van der Waals surface area (Å²) in [6, 6.07) is 38.3. The van der Waals surface area contributed by atoms with Crippen molar-refractivity contribution in [2.75, 3.05) is 0 Å². The van der Waals surface area contributed by atoms with Crippen LogP contribution in [0.25, 0.3) is 32.3 Å². The molecular weight excluding hydrogens is 444 g/mol. The zero-order valence-electron chi connectivity index (χ0n) is 18.2. The quantitative estimate of drug-likeness (QED) is 0.245. The van der Waals surface area contributed by atoms with Gasteiger partial charge in [-0.1, -0.05) is 90.5 Å². The molecule has 6 aromatic rings. The van der Waals surface area contributed by atoms with E-state index in [-0.39, 0.29) is 5.48 Å². The van der Waals surface area contributed by atoms with E-state index >= 15 is 0 Å². The Morgan fingerprint density at radius 1 is 0.471 bits per heavy atom. The molecule has 0 aliphatic rings. The van der Waals surface area contributed by atoms with Crippen LogP contribution >= 0.6 is 11.6 Å². The minimum atomic E-state index is 0. The average molecular weight is 465 g/mol. The molecule has 0 atom stereocenters. The van der Waals surface area contributed by atoms with Gasteiger partial charge >= 0.3 is 0 Å². The van der Waals surface area contributed by atoms with E-state index in [1.54, 1.807) is 0 Å². The Hall–Kier alpha value is -4.05. The van der Waals surface area contributed by atoms with Crippen LogP contribution in [0.15, 0.2) is 115 Å². The van der Waals surface area contributed by atoms with Crippen LogP contribution in [0.1, 0.15) is 0 Å². The van der Waals surface area contributed by atoms with E-state index in [1.807, 2.05) is 72.8 Å². The first-order valence-corrected chi connectivity index (χ1v) is 11.2. The Balaban J connectivity index is 0.00000241. The maximum absolute atomic E-state index is 6.79. The number of halogens is 1. The topological polar surface area (TPSA) is 50.0 Å². The summed E-state index contributed by atoms with van der Waals surface area (Å²) in [5, 5.41) is 6.84. The normalized spacial score (nSPS) is 10.9. The van der Waals surface area contributed by atoms with Gasteiger partial charge in [-0.3, -0.25) is 0 Å². The Kier molecular flexibility index (Phi) is 5.81. The molecule has 0 bridgehead atoms. The Morgan fingerprint density at radius 2 is 1.12 bits per heavy atom. The third-order valence-corrected chi connectivity index (χ3v) is 6.07. The van der Waals surface area contributed by atoms with E-state index in [4.69, 9.17) is 21.1 Å². The molecule has 0 heterocycles. The maximum Gasteiger partial charge on any atom is 0.189 e. The van der Waals surface area contributed by atoms with Crippen LogP contribution in [0.4, 0.5) is 0 Å². The molecule has 0 aliphatic heterocycles.